The van der Waals surface area contributed by atoms with Crippen molar-refractivity contribution < 1.29 is 14.6 Å². The summed E-state index contributed by atoms with van der Waals surface area (Å²) in [5.41, 5.74) is 0.0741. The molecule has 20 heavy (non-hydrogen) atoms. The van der Waals surface area contributed by atoms with Gasteiger partial charge in [-0.1, -0.05) is 6.07 Å². The fourth-order valence-electron chi connectivity index (χ4n) is 1.84. The van der Waals surface area contributed by atoms with Crippen molar-refractivity contribution in [2.24, 2.45) is 0 Å². The summed E-state index contributed by atoms with van der Waals surface area (Å²) in [5, 5.41) is 12.3. The molecule has 1 amide bonds. The Kier molecular flexibility index (Phi) is 3.99. The molecule has 0 bridgehead atoms. The number of nitrogens with zero attached hydrogens (tertiary/aromatic N) is 2. The molecule has 2 rings (SSSR count). The zero-order valence-electron chi connectivity index (χ0n) is 11.2. The van der Waals surface area contributed by atoms with Crippen molar-refractivity contribution in [2.45, 2.75) is 6.92 Å². The predicted molar refractivity (Wildman–Crippen MR) is 72.1 cm³/mol. The van der Waals surface area contributed by atoms with Gasteiger partial charge < -0.3 is 15.2 Å². The molecule has 0 saturated carbocycles. The number of nitrogens with one attached hydrogen (secondary N) is 1. The molecule has 7 nitrogen and oxygen atoms in total. The molecule has 7 heteroatoms. The smallest absolute Gasteiger partial charge is 0.274 e. The number of methoxy groups -OCH3 is 1. The molecule has 0 radical (unpaired) electrons. The highest BCUT2D eigenvalue weighted by atomic mass is 16.5. The number of hydrogen-bond acceptors (Lipinski definition) is 5. The van der Waals surface area contributed by atoms with Crippen molar-refractivity contribution in [3.05, 3.63) is 39.8 Å². The Bertz CT molecular complexity index is 709. The fraction of sp³-hybridized carbons (Fsp3) is 0.308. The first-order valence-electron chi connectivity index (χ1n) is 6.04. The van der Waals surface area contributed by atoms with Gasteiger partial charge in [0.1, 0.15) is 5.65 Å². The summed E-state index contributed by atoms with van der Waals surface area (Å²) in [5.74, 6) is -1.24. The van der Waals surface area contributed by atoms with Crippen molar-refractivity contribution >= 4 is 11.6 Å². The Balaban J connectivity index is 2.49. The van der Waals surface area contributed by atoms with Crippen LogP contribution in [0.15, 0.2) is 23.1 Å². The minimum absolute atomic E-state index is 0.241. The van der Waals surface area contributed by atoms with Crippen LogP contribution in [0.5, 0.6) is 5.88 Å². The molecule has 2 heterocycles. The predicted octanol–water partition coefficient (Wildman–Crippen LogP) is 0.0847. The maximum absolute atomic E-state index is 12.2. The average molecular weight is 277 g/mol. The van der Waals surface area contributed by atoms with E-state index in [4.69, 9.17) is 4.74 Å². The van der Waals surface area contributed by atoms with Gasteiger partial charge in [-0.15, -0.1) is 0 Å². The first-order valence-corrected chi connectivity index (χ1v) is 6.04. The first-order chi connectivity index (χ1) is 9.56. The first kappa shape index (κ1) is 14.0. The molecule has 0 aliphatic heterocycles. The number of aromatic hydroxyl groups is 1. The lowest BCUT2D eigenvalue weighted by molar-refractivity contribution is 0.0932. The average Bonchev–Trinajstić information content (AvgIpc) is 2.40. The third-order valence-electron chi connectivity index (χ3n) is 2.85. The van der Waals surface area contributed by atoms with Gasteiger partial charge >= 0.3 is 0 Å². The van der Waals surface area contributed by atoms with Crippen LogP contribution in [-0.2, 0) is 4.74 Å². The van der Waals surface area contributed by atoms with Crippen molar-refractivity contribution in [2.75, 3.05) is 20.3 Å². The number of rotatable bonds is 4. The van der Waals surface area contributed by atoms with Crippen molar-refractivity contribution in [1.29, 1.82) is 0 Å². The van der Waals surface area contributed by atoms with Gasteiger partial charge in [-0.3, -0.25) is 14.0 Å². The van der Waals surface area contributed by atoms with E-state index in [1.54, 1.807) is 19.1 Å². The fourth-order valence-corrected chi connectivity index (χ4v) is 1.84. The zero-order valence-corrected chi connectivity index (χ0v) is 11.2. The standard InChI is InChI=1S/C13H15N3O4/c1-8-4-3-6-16-10(8)15-12(18)9(13(16)19)11(17)14-5-7-20-2/h3-4,6,18H,5,7H2,1-2H3,(H,14,17). The van der Waals surface area contributed by atoms with Crippen LogP contribution in [0.2, 0.25) is 0 Å². The molecular formula is C13H15N3O4. The lowest BCUT2D eigenvalue weighted by Gasteiger charge is -2.08. The lowest BCUT2D eigenvalue weighted by atomic mass is 10.2. The maximum Gasteiger partial charge on any atom is 0.274 e. The second kappa shape index (κ2) is 5.70. The van der Waals surface area contributed by atoms with Crippen molar-refractivity contribution in [3.8, 4) is 5.88 Å². The monoisotopic (exact) mass is 277 g/mol. The molecule has 0 atom stereocenters. The molecule has 2 aromatic rings. The highest BCUT2D eigenvalue weighted by molar-refractivity contribution is 5.96. The second-order valence-electron chi connectivity index (χ2n) is 4.25. The van der Waals surface area contributed by atoms with Gasteiger partial charge in [-0.05, 0) is 18.6 Å². The molecule has 2 N–H and O–H groups in total. The second-order valence-corrected chi connectivity index (χ2v) is 4.25. The number of pyridine rings is 1. The topological polar surface area (TPSA) is 92.9 Å². The normalized spacial score (nSPS) is 10.7. The summed E-state index contributed by atoms with van der Waals surface area (Å²) in [6.45, 7) is 2.32. The van der Waals surface area contributed by atoms with Crippen LogP contribution in [0.3, 0.4) is 0 Å². The number of aryl methyl sites for hydroxylation is 1. The van der Waals surface area contributed by atoms with Crippen LogP contribution in [0.25, 0.3) is 5.65 Å². The van der Waals surface area contributed by atoms with E-state index in [2.05, 4.69) is 10.3 Å². The Hall–Kier alpha value is -2.41. The quantitative estimate of drug-likeness (QED) is 0.772. The minimum atomic E-state index is -0.673. The van der Waals surface area contributed by atoms with Gasteiger partial charge in [0.25, 0.3) is 11.5 Å². The van der Waals surface area contributed by atoms with Gasteiger partial charge in [-0.2, -0.15) is 4.98 Å². The van der Waals surface area contributed by atoms with Gasteiger partial charge in [0.15, 0.2) is 5.56 Å². The third kappa shape index (κ3) is 2.48. The highest BCUT2D eigenvalue weighted by Crippen LogP contribution is 2.13. The van der Waals surface area contributed by atoms with E-state index in [1.807, 2.05) is 0 Å². The molecule has 106 valence electrons. The number of carbonyl (C=O) groups excluding carboxylic acids is 1. The number of fused-ring (bicyclic) bond motifs is 1. The van der Waals surface area contributed by atoms with Crippen molar-refractivity contribution in [1.82, 2.24) is 14.7 Å². The summed E-state index contributed by atoms with van der Waals surface area (Å²) < 4.78 is 6.03. The summed E-state index contributed by atoms with van der Waals surface area (Å²) in [4.78, 5) is 28.1. The lowest BCUT2D eigenvalue weighted by Crippen LogP contribution is -2.33. The number of amides is 1. The van der Waals surface area contributed by atoms with Crippen LogP contribution >= 0.6 is 0 Å². The van der Waals surface area contributed by atoms with E-state index in [9.17, 15) is 14.7 Å². The van der Waals surface area contributed by atoms with Crippen LogP contribution in [-0.4, -0.2) is 40.7 Å². The summed E-state index contributed by atoms with van der Waals surface area (Å²) in [6.07, 6.45) is 1.50. The summed E-state index contributed by atoms with van der Waals surface area (Å²) >= 11 is 0. The Morgan fingerprint density at radius 1 is 1.55 bits per heavy atom. The van der Waals surface area contributed by atoms with Gasteiger partial charge in [0.05, 0.1) is 6.61 Å². The van der Waals surface area contributed by atoms with Gasteiger partial charge in [0, 0.05) is 19.9 Å². The SMILES string of the molecule is COCCNC(=O)c1c(O)nc2c(C)cccn2c1=O. The third-order valence-corrected chi connectivity index (χ3v) is 2.85. The Morgan fingerprint density at radius 2 is 2.30 bits per heavy atom. The summed E-state index contributed by atoms with van der Waals surface area (Å²) in [7, 11) is 1.50. The zero-order chi connectivity index (χ0) is 14.7. The Morgan fingerprint density at radius 3 is 3.00 bits per heavy atom. The number of hydrogen-bond donors (Lipinski definition) is 2. The number of aromatic nitrogens is 2. The van der Waals surface area contributed by atoms with Crippen LogP contribution < -0.4 is 10.9 Å². The molecule has 0 aromatic carbocycles. The van der Waals surface area contributed by atoms with E-state index in [1.165, 1.54) is 17.7 Å². The highest BCUT2D eigenvalue weighted by Gasteiger charge is 2.19. The number of carbonyl (C=O) groups is 1. The largest absolute Gasteiger partial charge is 0.493 e. The van der Waals surface area contributed by atoms with E-state index >= 15 is 0 Å². The van der Waals surface area contributed by atoms with Crippen molar-refractivity contribution in [3.63, 3.8) is 0 Å². The van der Waals surface area contributed by atoms with E-state index in [-0.39, 0.29) is 12.1 Å². The molecular weight excluding hydrogens is 262 g/mol. The van der Waals surface area contributed by atoms with Crippen LogP contribution in [0, 0.1) is 6.92 Å². The Labute approximate surface area is 114 Å². The summed E-state index contributed by atoms with van der Waals surface area (Å²) in [6, 6.07) is 3.44. The number of ether oxygens (including phenoxy) is 1. The molecule has 0 spiro atoms. The molecule has 0 aliphatic rings. The van der Waals surface area contributed by atoms with E-state index in [0.717, 1.165) is 5.56 Å². The van der Waals surface area contributed by atoms with Crippen LogP contribution in [0.4, 0.5) is 0 Å². The van der Waals surface area contributed by atoms with Gasteiger partial charge in [0.2, 0.25) is 5.88 Å². The molecule has 0 fully saturated rings. The molecule has 0 saturated heterocycles. The van der Waals surface area contributed by atoms with Crippen LogP contribution in [0.1, 0.15) is 15.9 Å². The minimum Gasteiger partial charge on any atom is -0.493 e. The maximum atomic E-state index is 12.2. The molecule has 0 unspecified atom stereocenters. The van der Waals surface area contributed by atoms with Gasteiger partial charge in [-0.25, -0.2) is 0 Å². The molecule has 0 aliphatic carbocycles. The van der Waals surface area contributed by atoms with E-state index < -0.39 is 17.3 Å². The van der Waals surface area contributed by atoms with E-state index in [0.29, 0.717) is 12.3 Å². The molecule has 2 aromatic heterocycles.